The van der Waals surface area contributed by atoms with Crippen LogP contribution < -0.4 is 0 Å². The molecule has 2 heteroatoms. The van der Waals surface area contributed by atoms with Gasteiger partial charge in [0.1, 0.15) is 0 Å². The van der Waals surface area contributed by atoms with Gasteiger partial charge in [-0.3, -0.25) is 0 Å². The molecule has 0 bridgehead atoms. The molecule has 25 heavy (non-hydrogen) atoms. The number of halogens is 1. The Balaban J connectivity index is 0. The first-order chi connectivity index (χ1) is 11.7. The Labute approximate surface area is 167 Å². The maximum atomic E-state index is 2.39. The third kappa shape index (κ3) is 20.4. The highest BCUT2D eigenvalue weighted by atomic mass is 35.5. The largest absolute Gasteiger partial charge is 0.306 e. The van der Waals surface area contributed by atoms with Crippen molar-refractivity contribution in [2.45, 2.75) is 135 Å². The lowest BCUT2D eigenvalue weighted by Gasteiger charge is -2.22. The van der Waals surface area contributed by atoms with E-state index in [-0.39, 0.29) is 12.4 Å². The van der Waals surface area contributed by atoms with E-state index < -0.39 is 0 Å². The lowest BCUT2D eigenvalue weighted by molar-refractivity contribution is 0.264. The zero-order valence-electron chi connectivity index (χ0n) is 18.2. The first kappa shape index (κ1) is 27.5. The highest BCUT2D eigenvalue weighted by Gasteiger charge is 2.07. The van der Waals surface area contributed by atoms with Crippen LogP contribution in [-0.2, 0) is 0 Å². The number of hydrogen-bond acceptors (Lipinski definition) is 1. The van der Waals surface area contributed by atoms with Crippen LogP contribution in [0.4, 0.5) is 0 Å². The van der Waals surface area contributed by atoms with Crippen molar-refractivity contribution in [1.29, 1.82) is 0 Å². The molecule has 0 aromatic rings. The lowest BCUT2D eigenvalue weighted by atomic mass is 10.0. The summed E-state index contributed by atoms with van der Waals surface area (Å²) in [5, 5.41) is 0. The highest BCUT2D eigenvalue weighted by molar-refractivity contribution is 5.85. The van der Waals surface area contributed by atoms with Crippen molar-refractivity contribution in [3.05, 3.63) is 0 Å². The lowest BCUT2D eigenvalue weighted by Crippen LogP contribution is -2.26. The Kier molecular flexibility index (Phi) is 24.5. The van der Waals surface area contributed by atoms with Crippen LogP contribution in [-0.4, -0.2) is 25.0 Å². The van der Waals surface area contributed by atoms with E-state index in [4.69, 9.17) is 0 Å². The van der Waals surface area contributed by atoms with Gasteiger partial charge in [0.2, 0.25) is 0 Å². The van der Waals surface area contributed by atoms with E-state index in [2.05, 4.69) is 32.8 Å². The third-order valence-electron chi connectivity index (χ3n) is 5.59. The fourth-order valence-electron chi connectivity index (χ4n) is 3.76. The molecule has 0 rings (SSSR count). The summed E-state index contributed by atoms with van der Waals surface area (Å²) in [5.41, 5.74) is 0. The molecule has 0 radical (unpaired) electrons. The van der Waals surface area contributed by atoms with Crippen LogP contribution >= 0.6 is 12.4 Å². The standard InChI is InChI=1S/C23H49N.ClH/c1-5-7-8-9-10-11-12-13-14-15-16-17-18-19-20-21-22-23(6-2)24(3)4;/h23H,5-22H2,1-4H3;1H. The maximum absolute atomic E-state index is 2.39. The molecule has 0 aromatic carbocycles. The van der Waals surface area contributed by atoms with E-state index in [0.29, 0.717) is 0 Å². The molecule has 0 amide bonds. The molecular weight excluding hydrogens is 326 g/mol. The second-order valence-corrected chi connectivity index (χ2v) is 8.12. The predicted molar refractivity (Wildman–Crippen MR) is 119 cm³/mol. The van der Waals surface area contributed by atoms with Crippen molar-refractivity contribution in [2.24, 2.45) is 0 Å². The first-order valence-corrected chi connectivity index (χ1v) is 11.4. The Bertz CT molecular complexity index is 230. The zero-order chi connectivity index (χ0) is 17.9. The van der Waals surface area contributed by atoms with Crippen molar-refractivity contribution >= 4 is 12.4 Å². The minimum atomic E-state index is 0. The number of unbranched alkanes of at least 4 members (excludes halogenated alkanes) is 15. The monoisotopic (exact) mass is 375 g/mol. The fraction of sp³-hybridized carbons (Fsp3) is 1.00. The summed E-state index contributed by atoms with van der Waals surface area (Å²) in [6, 6.07) is 0.802. The minimum absolute atomic E-state index is 0. The van der Waals surface area contributed by atoms with Crippen molar-refractivity contribution in [3.8, 4) is 0 Å². The molecule has 0 N–H and O–H groups in total. The third-order valence-corrected chi connectivity index (χ3v) is 5.59. The number of nitrogens with zero attached hydrogens (tertiary/aromatic N) is 1. The van der Waals surface area contributed by atoms with Crippen molar-refractivity contribution in [1.82, 2.24) is 4.90 Å². The summed E-state index contributed by atoms with van der Waals surface area (Å²) < 4.78 is 0. The van der Waals surface area contributed by atoms with Crippen LogP contribution in [0.3, 0.4) is 0 Å². The summed E-state index contributed by atoms with van der Waals surface area (Å²) in [6.07, 6.45) is 26.1. The van der Waals surface area contributed by atoms with Gasteiger partial charge in [-0.25, -0.2) is 0 Å². The van der Waals surface area contributed by atoms with Gasteiger partial charge >= 0.3 is 0 Å². The van der Waals surface area contributed by atoms with Gasteiger partial charge in [0.05, 0.1) is 0 Å². The van der Waals surface area contributed by atoms with Crippen LogP contribution in [0.1, 0.15) is 129 Å². The van der Waals surface area contributed by atoms with Gasteiger partial charge in [-0.15, -0.1) is 12.4 Å². The second-order valence-electron chi connectivity index (χ2n) is 8.12. The molecule has 1 atom stereocenters. The van der Waals surface area contributed by atoms with Crippen molar-refractivity contribution < 1.29 is 0 Å². The highest BCUT2D eigenvalue weighted by Crippen LogP contribution is 2.15. The van der Waals surface area contributed by atoms with Gasteiger partial charge in [0.25, 0.3) is 0 Å². The molecule has 0 fully saturated rings. The summed E-state index contributed by atoms with van der Waals surface area (Å²) >= 11 is 0. The molecular formula is C23H50ClN. The summed E-state index contributed by atoms with van der Waals surface area (Å²) in [5.74, 6) is 0. The quantitative estimate of drug-likeness (QED) is 0.205. The molecule has 0 heterocycles. The van der Waals surface area contributed by atoms with Crippen LogP contribution in [0.25, 0.3) is 0 Å². The van der Waals surface area contributed by atoms with Crippen molar-refractivity contribution in [2.75, 3.05) is 14.1 Å². The molecule has 0 spiro atoms. The molecule has 0 saturated carbocycles. The second kappa shape index (κ2) is 22.3. The molecule has 0 aliphatic carbocycles. The topological polar surface area (TPSA) is 3.24 Å². The number of hydrogen-bond donors (Lipinski definition) is 0. The van der Waals surface area contributed by atoms with Gasteiger partial charge < -0.3 is 4.90 Å². The van der Waals surface area contributed by atoms with Crippen molar-refractivity contribution in [3.63, 3.8) is 0 Å². The normalized spacial score (nSPS) is 12.4. The maximum Gasteiger partial charge on any atom is 0.00865 e. The molecule has 0 aromatic heterocycles. The summed E-state index contributed by atoms with van der Waals surface area (Å²) in [4.78, 5) is 2.39. The van der Waals surface area contributed by atoms with Gasteiger partial charge in [0, 0.05) is 6.04 Å². The predicted octanol–water partition coefficient (Wildman–Crippen LogP) is 8.40. The van der Waals surface area contributed by atoms with Gasteiger partial charge in [0.15, 0.2) is 0 Å². The van der Waals surface area contributed by atoms with Gasteiger partial charge in [-0.2, -0.15) is 0 Å². The van der Waals surface area contributed by atoms with Crippen LogP contribution in [0.15, 0.2) is 0 Å². The Morgan fingerprint density at radius 2 is 0.840 bits per heavy atom. The molecule has 1 nitrogen and oxygen atoms in total. The summed E-state index contributed by atoms with van der Waals surface area (Å²) in [6.45, 7) is 4.62. The van der Waals surface area contributed by atoms with Gasteiger partial charge in [-0.1, -0.05) is 117 Å². The van der Waals surface area contributed by atoms with Crippen LogP contribution in [0, 0.1) is 0 Å². The molecule has 0 saturated heterocycles. The SMILES string of the molecule is CCCCCCCCCCCCCCCCCCC(CC)N(C)C.Cl. The van der Waals surface area contributed by atoms with E-state index in [0.717, 1.165) is 6.04 Å². The van der Waals surface area contributed by atoms with E-state index >= 15 is 0 Å². The molecule has 0 aliphatic heterocycles. The number of rotatable bonds is 19. The smallest absolute Gasteiger partial charge is 0.00865 e. The zero-order valence-corrected chi connectivity index (χ0v) is 19.0. The van der Waals surface area contributed by atoms with E-state index in [1.807, 2.05) is 0 Å². The van der Waals surface area contributed by atoms with Crippen LogP contribution in [0.2, 0.25) is 0 Å². The Hall–Kier alpha value is 0.250. The Morgan fingerprint density at radius 1 is 0.520 bits per heavy atom. The average Bonchev–Trinajstić information content (AvgIpc) is 2.57. The molecule has 1 unspecified atom stereocenters. The van der Waals surface area contributed by atoms with Gasteiger partial charge in [-0.05, 0) is 26.9 Å². The van der Waals surface area contributed by atoms with E-state index in [1.54, 1.807) is 0 Å². The first-order valence-electron chi connectivity index (χ1n) is 11.4. The molecule has 154 valence electrons. The molecule has 0 aliphatic rings. The average molecular weight is 376 g/mol. The minimum Gasteiger partial charge on any atom is -0.306 e. The Morgan fingerprint density at radius 3 is 1.12 bits per heavy atom. The van der Waals surface area contributed by atoms with E-state index in [1.165, 1.54) is 116 Å². The summed E-state index contributed by atoms with van der Waals surface area (Å²) in [7, 11) is 4.45. The van der Waals surface area contributed by atoms with Crippen LogP contribution in [0.5, 0.6) is 0 Å². The van der Waals surface area contributed by atoms with E-state index in [9.17, 15) is 0 Å². The fourth-order valence-corrected chi connectivity index (χ4v) is 3.76.